The molecule has 0 aromatic carbocycles. The summed E-state index contributed by atoms with van der Waals surface area (Å²) >= 11 is 0. The third kappa shape index (κ3) is 59.2. The normalized spacial score (nSPS) is 11.5. The molecule has 0 aromatic heterocycles. The second-order valence-corrected chi connectivity index (χ2v) is 22.4. The number of unbranched alkanes of at least 4 members (excludes halogenated alkanes) is 50. The minimum atomic E-state index is -0.762. The van der Waals surface area contributed by atoms with E-state index in [0.717, 1.165) is 57.8 Å². The van der Waals surface area contributed by atoms with Crippen molar-refractivity contribution in [2.75, 3.05) is 13.2 Å². The highest BCUT2D eigenvalue weighted by atomic mass is 16.6. The SMILES string of the molecule is CCCCCCCCCCCCCCCCCCCCCC(=O)OC(COC(=O)CCCCCCCCCCCCCCCCCCC)COC(=O)CCCCCCCCCCCCCCCCCCC. The summed E-state index contributed by atoms with van der Waals surface area (Å²) in [6, 6.07) is 0. The summed E-state index contributed by atoms with van der Waals surface area (Å²) in [5, 5.41) is 0. The maximum absolute atomic E-state index is 12.9. The number of hydrogen-bond acceptors (Lipinski definition) is 6. The zero-order valence-electron chi connectivity index (χ0n) is 48.5. The molecule has 0 N–H and O–H groups in total. The minimum absolute atomic E-state index is 0.0604. The Kier molecular flexibility index (Phi) is 59.6. The number of rotatable bonds is 61. The smallest absolute Gasteiger partial charge is 0.306 e. The van der Waals surface area contributed by atoms with E-state index >= 15 is 0 Å². The zero-order valence-corrected chi connectivity index (χ0v) is 48.5. The average Bonchev–Trinajstić information content (AvgIpc) is 3.37. The van der Waals surface area contributed by atoms with Crippen LogP contribution in [0.4, 0.5) is 0 Å². The third-order valence-electron chi connectivity index (χ3n) is 15.1. The summed E-state index contributed by atoms with van der Waals surface area (Å²) in [5.41, 5.74) is 0. The van der Waals surface area contributed by atoms with Crippen LogP contribution in [0, 0.1) is 0 Å². The van der Waals surface area contributed by atoms with Crippen LogP contribution in [0.2, 0.25) is 0 Å². The van der Waals surface area contributed by atoms with Crippen LogP contribution < -0.4 is 0 Å². The quantitative estimate of drug-likeness (QED) is 0.0343. The molecule has 0 rings (SSSR count). The molecule has 0 aliphatic heterocycles. The summed E-state index contributed by atoms with van der Waals surface area (Å²) in [7, 11) is 0. The number of esters is 3. The predicted octanol–water partition coefficient (Wildman–Crippen LogP) is 21.9. The highest BCUT2D eigenvalue weighted by Crippen LogP contribution is 2.19. The van der Waals surface area contributed by atoms with Gasteiger partial charge in [0.05, 0.1) is 0 Å². The van der Waals surface area contributed by atoms with Crippen LogP contribution in [-0.4, -0.2) is 37.2 Å². The van der Waals surface area contributed by atoms with E-state index in [-0.39, 0.29) is 31.1 Å². The lowest BCUT2D eigenvalue weighted by Gasteiger charge is -2.18. The first-order valence-electron chi connectivity index (χ1n) is 32.5. The number of carbonyl (C=O) groups excluding carboxylic acids is 3. The molecule has 6 heteroatoms. The molecule has 0 saturated heterocycles. The second-order valence-electron chi connectivity index (χ2n) is 22.4. The molecule has 0 radical (unpaired) electrons. The van der Waals surface area contributed by atoms with E-state index in [1.54, 1.807) is 0 Å². The van der Waals surface area contributed by atoms with Crippen LogP contribution in [0.1, 0.15) is 380 Å². The van der Waals surface area contributed by atoms with Gasteiger partial charge in [-0.15, -0.1) is 0 Å². The number of carbonyl (C=O) groups is 3. The van der Waals surface area contributed by atoms with Crippen molar-refractivity contribution in [3.8, 4) is 0 Å². The summed E-state index contributed by atoms with van der Waals surface area (Å²) in [5.74, 6) is -0.823. The molecule has 0 amide bonds. The van der Waals surface area contributed by atoms with Crippen molar-refractivity contribution in [3.63, 3.8) is 0 Å². The van der Waals surface area contributed by atoms with Gasteiger partial charge in [-0.25, -0.2) is 0 Å². The van der Waals surface area contributed by atoms with Crippen LogP contribution in [0.3, 0.4) is 0 Å². The fraction of sp³-hybridized carbons (Fsp3) is 0.954. The van der Waals surface area contributed by atoms with E-state index in [2.05, 4.69) is 20.8 Å². The Hall–Kier alpha value is -1.59. The van der Waals surface area contributed by atoms with Gasteiger partial charge < -0.3 is 14.2 Å². The number of hydrogen-bond donors (Lipinski definition) is 0. The lowest BCUT2D eigenvalue weighted by molar-refractivity contribution is -0.167. The largest absolute Gasteiger partial charge is 0.462 e. The molecule has 0 aliphatic rings. The molecule has 71 heavy (non-hydrogen) atoms. The van der Waals surface area contributed by atoms with Crippen molar-refractivity contribution in [2.45, 2.75) is 386 Å². The molecular formula is C65H126O6. The molecule has 0 bridgehead atoms. The van der Waals surface area contributed by atoms with Gasteiger partial charge in [-0.2, -0.15) is 0 Å². The molecule has 0 saturated carbocycles. The zero-order chi connectivity index (χ0) is 51.4. The van der Waals surface area contributed by atoms with E-state index in [1.807, 2.05) is 0 Å². The Morgan fingerprint density at radius 3 is 0.563 bits per heavy atom. The predicted molar refractivity (Wildman–Crippen MR) is 307 cm³/mol. The molecule has 422 valence electrons. The Morgan fingerprint density at radius 2 is 0.380 bits per heavy atom. The first-order valence-corrected chi connectivity index (χ1v) is 32.5. The fourth-order valence-electron chi connectivity index (χ4n) is 10.2. The van der Waals surface area contributed by atoms with Gasteiger partial charge in [0, 0.05) is 19.3 Å². The monoisotopic (exact) mass is 1000 g/mol. The molecule has 0 aliphatic carbocycles. The summed E-state index contributed by atoms with van der Waals surface area (Å²) in [6.07, 6.45) is 69.6. The van der Waals surface area contributed by atoms with Gasteiger partial charge in [-0.3, -0.25) is 14.4 Å². The average molecular weight is 1000 g/mol. The second kappa shape index (κ2) is 61.0. The van der Waals surface area contributed by atoms with Crippen molar-refractivity contribution in [1.82, 2.24) is 0 Å². The van der Waals surface area contributed by atoms with Crippen molar-refractivity contribution in [3.05, 3.63) is 0 Å². The Morgan fingerprint density at radius 1 is 0.225 bits per heavy atom. The first-order chi connectivity index (χ1) is 35.0. The minimum Gasteiger partial charge on any atom is -0.462 e. The summed E-state index contributed by atoms with van der Waals surface area (Å²) < 4.78 is 17.0. The summed E-state index contributed by atoms with van der Waals surface area (Å²) in [6.45, 7) is 6.74. The van der Waals surface area contributed by atoms with E-state index in [0.29, 0.717) is 19.3 Å². The standard InChI is InChI=1S/C65H126O6/c1-4-7-10-13-16-19-22-25-28-31-32-35-38-41-44-47-50-53-56-59-65(68)71-62(60-69-63(66)57-54-51-48-45-42-39-36-33-29-26-23-20-17-14-11-8-5-2)61-70-64(67)58-55-52-49-46-43-40-37-34-30-27-24-21-18-15-12-9-6-3/h62H,4-61H2,1-3H3. The van der Waals surface area contributed by atoms with Gasteiger partial charge in [-0.1, -0.05) is 342 Å². The van der Waals surface area contributed by atoms with Crippen LogP contribution in [0.25, 0.3) is 0 Å². The highest BCUT2D eigenvalue weighted by molar-refractivity contribution is 5.71. The van der Waals surface area contributed by atoms with Gasteiger partial charge in [0.1, 0.15) is 13.2 Å². The van der Waals surface area contributed by atoms with Gasteiger partial charge in [0.15, 0.2) is 6.10 Å². The fourth-order valence-corrected chi connectivity index (χ4v) is 10.2. The van der Waals surface area contributed by atoms with Crippen molar-refractivity contribution in [1.29, 1.82) is 0 Å². The lowest BCUT2D eigenvalue weighted by Crippen LogP contribution is -2.30. The topological polar surface area (TPSA) is 78.9 Å². The lowest BCUT2D eigenvalue weighted by atomic mass is 10.0. The van der Waals surface area contributed by atoms with E-state index in [1.165, 1.54) is 283 Å². The maximum Gasteiger partial charge on any atom is 0.306 e. The molecule has 0 aromatic rings. The van der Waals surface area contributed by atoms with Crippen LogP contribution in [0.15, 0.2) is 0 Å². The maximum atomic E-state index is 12.9. The van der Waals surface area contributed by atoms with E-state index in [9.17, 15) is 14.4 Å². The molecule has 0 unspecified atom stereocenters. The Labute approximate surface area is 444 Å². The van der Waals surface area contributed by atoms with Gasteiger partial charge >= 0.3 is 17.9 Å². The van der Waals surface area contributed by atoms with Gasteiger partial charge in [0.25, 0.3) is 0 Å². The summed E-state index contributed by atoms with van der Waals surface area (Å²) in [4.78, 5) is 38.3. The highest BCUT2D eigenvalue weighted by Gasteiger charge is 2.19. The third-order valence-corrected chi connectivity index (χ3v) is 15.1. The van der Waals surface area contributed by atoms with Gasteiger partial charge in [-0.05, 0) is 19.3 Å². The van der Waals surface area contributed by atoms with E-state index < -0.39 is 6.10 Å². The van der Waals surface area contributed by atoms with Crippen LogP contribution in [-0.2, 0) is 28.6 Å². The molecule has 0 spiro atoms. The Balaban J connectivity index is 4.28. The molecule has 0 atom stereocenters. The Bertz CT molecular complexity index is 1010. The molecule has 0 fully saturated rings. The van der Waals surface area contributed by atoms with E-state index in [4.69, 9.17) is 14.2 Å². The molecular weight excluding hydrogens is 877 g/mol. The van der Waals surface area contributed by atoms with Crippen LogP contribution >= 0.6 is 0 Å². The van der Waals surface area contributed by atoms with Gasteiger partial charge in [0.2, 0.25) is 0 Å². The van der Waals surface area contributed by atoms with Crippen molar-refractivity contribution in [2.24, 2.45) is 0 Å². The molecule has 0 heterocycles. The number of ether oxygens (including phenoxy) is 3. The van der Waals surface area contributed by atoms with Crippen molar-refractivity contribution < 1.29 is 28.6 Å². The molecule has 6 nitrogen and oxygen atoms in total. The first kappa shape index (κ1) is 69.4. The van der Waals surface area contributed by atoms with Crippen molar-refractivity contribution >= 4 is 17.9 Å². The van der Waals surface area contributed by atoms with Crippen LogP contribution in [0.5, 0.6) is 0 Å².